The lowest BCUT2D eigenvalue weighted by Gasteiger charge is -2.06. The number of ether oxygens (including phenoxy) is 1. The number of H-pyrrole nitrogens is 2. The van der Waals surface area contributed by atoms with Crippen LogP contribution in [0.2, 0.25) is 0 Å². The van der Waals surface area contributed by atoms with Gasteiger partial charge in [0.25, 0.3) is 0 Å². The molecule has 30 heavy (non-hydrogen) atoms. The van der Waals surface area contributed by atoms with Gasteiger partial charge in [-0.25, -0.2) is 4.79 Å². The number of fused-ring (bicyclic) bond motifs is 1. The summed E-state index contributed by atoms with van der Waals surface area (Å²) in [5.41, 5.74) is 3.99. The number of tetrazole rings is 1. The van der Waals surface area contributed by atoms with Crippen molar-refractivity contribution >= 4 is 28.3 Å². The lowest BCUT2D eigenvalue weighted by molar-refractivity contribution is 0.0601. The molecule has 2 aromatic carbocycles. The fourth-order valence-corrected chi connectivity index (χ4v) is 3.32. The van der Waals surface area contributed by atoms with Gasteiger partial charge in [0, 0.05) is 16.5 Å². The number of hydrogen-bond acceptors (Lipinski definition) is 7. The third kappa shape index (κ3) is 3.64. The number of benzene rings is 2. The lowest BCUT2D eigenvalue weighted by atomic mass is 10.0. The molecule has 0 aliphatic carbocycles. The smallest absolute Gasteiger partial charge is 0.337 e. The van der Waals surface area contributed by atoms with Crippen LogP contribution in [0.4, 0.5) is 5.69 Å². The third-order valence-electron chi connectivity index (χ3n) is 4.71. The molecular weight excluding hydrogens is 384 g/mol. The van der Waals surface area contributed by atoms with E-state index in [9.17, 15) is 9.90 Å². The van der Waals surface area contributed by atoms with Crippen LogP contribution in [0.5, 0.6) is 5.88 Å². The van der Waals surface area contributed by atoms with Gasteiger partial charge in [-0.3, -0.25) is 4.99 Å². The Kier molecular flexibility index (Phi) is 5.25. The first-order valence-corrected chi connectivity index (χ1v) is 9.45. The highest BCUT2D eigenvalue weighted by Crippen LogP contribution is 2.31. The van der Waals surface area contributed by atoms with Gasteiger partial charge in [0.15, 0.2) is 5.88 Å². The SMILES string of the molecule is CCCC(=Nc1ccc(-c2nn[nH]n2)cc1)c1c(O)[nH]c2cc(C(=O)OC)ccc12. The predicted octanol–water partition coefficient (Wildman–Crippen LogP) is 3.76. The van der Waals surface area contributed by atoms with Gasteiger partial charge in [-0.2, -0.15) is 5.21 Å². The summed E-state index contributed by atoms with van der Waals surface area (Å²) in [6.45, 7) is 2.05. The lowest BCUT2D eigenvalue weighted by Crippen LogP contribution is -2.01. The topological polar surface area (TPSA) is 129 Å². The maximum absolute atomic E-state index is 11.8. The van der Waals surface area contributed by atoms with Crippen LogP contribution in [0, 0.1) is 0 Å². The Hall–Kier alpha value is -4.01. The van der Waals surface area contributed by atoms with E-state index < -0.39 is 5.97 Å². The molecule has 0 atom stereocenters. The van der Waals surface area contributed by atoms with Crippen LogP contribution in [0.3, 0.4) is 0 Å². The molecule has 9 nitrogen and oxygen atoms in total. The maximum atomic E-state index is 11.8. The van der Waals surface area contributed by atoms with Gasteiger partial charge in [-0.15, -0.1) is 10.2 Å². The Morgan fingerprint density at radius 1 is 1.20 bits per heavy atom. The summed E-state index contributed by atoms with van der Waals surface area (Å²) in [5.74, 6) is 0.0920. The number of hydrogen-bond donors (Lipinski definition) is 3. The van der Waals surface area contributed by atoms with Crippen LogP contribution in [-0.2, 0) is 4.74 Å². The Labute approximate surface area is 171 Å². The summed E-state index contributed by atoms with van der Waals surface area (Å²) in [4.78, 5) is 19.5. The molecule has 0 aliphatic heterocycles. The van der Waals surface area contributed by atoms with E-state index in [1.165, 1.54) is 7.11 Å². The molecule has 0 unspecified atom stereocenters. The van der Waals surface area contributed by atoms with Crippen LogP contribution in [0.15, 0.2) is 47.5 Å². The average molecular weight is 404 g/mol. The van der Waals surface area contributed by atoms with Gasteiger partial charge in [0.1, 0.15) is 0 Å². The second-order valence-corrected chi connectivity index (χ2v) is 6.69. The molecule has 0 spiro atoms. The number of rotatable bonds is 6. The summed E-state index contributed by atoms with van der Waals surface area (Å²) in [5, 5.41) is 25.3. The molecule has 0 saturated heterocycles. The van der Waals surface area contributed by atoms with Crippen molar-refractivity contribution in [1.29, 1.82) is 0 Å². The first-order chi connectivity index (χ1) is 14.6. The normalized spacial score (nSPS) is 11.7. The fraction of sp³-hybridized carbons (Fsp3) is 0.190. The van der Waals surface area contributed by atoms with E-state index in [1.54, 1.807) is 18.2 Å². The van der Waals surface area contributed by atoms with E-state index in [1.807, 2.05) is 24.3 Å². The molecule has 4 aromatic rings. The Balaban J connectivity index is 1.74. The van der Waals surface area contributed by atoms with Gasteiger partial charge in [-0.05, 0) is 48.0 Å². The fourth-order valence-electron chi connectivity index (χ4n) is 3.32. The molecule has 0 bridgehead atoms. The van der Waals surface area contributed by atoms with Gasteiger partial charge < -0.3 is 14.8 Å². The molecule has 152 valence electrons. The minimum absolute atomic E-state index is 0.0163. The van der Waals surface area contributed by atoms with Gasteiger partial charge in [0.2, 0.25) is 5.82 Å². The summed E-state index contributed by atoms with van der Waals surface area (Å²) in [6.07, 6.45) is 1.53. The molecule has 4 rings (SSSR count). The van der Waals surface area contributed by atoms with Crippen molar-refractivity contribution in [2.75, 3.05) is 7.11 Å². The minimum Gasteiger partial charge on any atom is -0.494 e. The zero-order chi connectivity index (χ0) is 21.1. The second kappa shape index (κ2) is 8.16. The number of nitrogens with one attached hydrogen (secondary N) is 2. The van der Waals surface area contributed by atoms with Gasteiger partial charge in [-0.1, -0.05) is 19.4 Å². The highest BCUT2D eigenvalue weighted by molar-refractivity contribution is 6.14. The summed E-state index contributed by atoms with van der Waals surface area (Å²) in [7, 11) is 1.33. The van der Waals surface area contributed by atoms with E-state index >= 15 is 0 Å². The van der Waals surface area contributed by atoms with E-state index in [0.29, 0.717) is 28.9 Å². The average Bonchev–Trinajstić information content (AvgIpc) is 3.40. The van der Waals surface area contributed by atoms with Crippen molar-refractivity contribution in [1.82, 2.24) is 25.6 Å². The number of aromatic nitrogens is 5. The molecule has 3 N–H and O–H groups in total. The third-order valence-corrected chi connectivity index (χ3v) is 4.71. The number of nitrogens with zero attached hydrogens (tertiary/aromatic N) is 4. The van der Waals surface area contributed by atoms with Gasteiger partial charge in [0.05, 0.1) is 29.6 Å². The zero-order valence-electron chi connectivity index (χ0n) is 16.5. The standard InChI is InChI=1S/C21H20N6O3/c1-3-4-16(22-14-8-5-12(6-9-14)19-24-26-27-25-19)18-15-10-7-13(21(29)30-2)11-17(15)23-20(18)28/h5-11,23,28H,3-4H2,1-2H3,(H,24,25,26,27). The minimum atomic E-state index is -0.434. The summed E-state index contributed by atoms with van der Waals surface area (Å²) < 4.78 is 4.77. The second-order valence-electron chi connectivity index (χ2n) is 6.69. The monoisotopic (exact) mass is 404 g/mol. The largest absolute Gasteiger partial charge is 0.494 e. The van der Waals surface area contributed by atoms with Crippen LogP contribution in [0.25, 0.3) is 22.3 Å². The molecule has 0 fully saturated rings. The molecule has 0 saturated carbocycles. The molecule has 0 aliphatic rings. The van der Waals surface area contributed by atoms with E-state index in [-0.39, 0.29) is 5.88 Å². The van der Waals surface area contributed by atoms with Crippen molar-refractivity contribution in [3.05, 3.63) is 53.6 Å². The first-order valence-electron chi connectivity index (χ1n) is 9.45. The van der Waals surface area contributed by atoms with E-state index in [4.69, 9.17) is 9.73 Å². The van der Waals surface area contributed by atoms with Crippen molar-refractivity contribution in [2.24, 2.45) is 4.99 Å². The van der Waals surface area contributed by atoms with E-state index in [2.05, 4.69) is 32.5 Å². The van der Waals surface area contributed by atoms with Crippen LogP contribution in [0.1, 0.15) is 35.7 Å². The predicted molar refractivity (Wildman–Crippen MR) is 112 cm³/mol. The number of esters is 1. The molecule has 0 amide bonds. The summed E-state index contributed by atoms with van der Waals surface area (Å²) >= 11 is 0. The van der Waals surface area contributed by atoms with Gasteiger partial charge >= 0.3 is 5.97 Å². The molecule has 2 heterocycles. The van der Waals surface area contributed by atoms with Crippen LogP contribution < -0.4 is 0 Å². The highest BCUT2D eigenvalue weighted by Gasteiger charge is 2.18. The number of methoxy groups -OCH3 is 1. The number of aromatic amines is 2. The molecule has 9 heteroatoms. The Morgan fingerprint density at radius 3 is 2.67 bits per heavy atom. The van der Waals surface area contributed by atoms with E-state index in [0.717, 1.165) is 28.8 Å². The number of aromatic hydroxyl groups is 1. The van der Waals surface area contributed by atoms with Crippen molar-refractivity contribution < 1.29 is 14.6 Å². The Bertz CT molecular complexity index is 1210. The highest BCUT2D eigenvalue weighted by atomic mass is 16.5. The molecule has 2 aromatic heterocycles. The quantitative estimate of drug-likeness (QED) is 0.331. The molecular formula is C21H20N6O3. The first kappa shape index (κ1) is 19.3. The summed E-state index contributed by atoms with van der Waals surface area (Å²) in [6, 6.07) is 12.6. The zero-order valence-corrected chi connectivity index (χ0v) is 16.5. The van der Waals surface area contributed by atoms with Crippen molar-refractivity contribution in [3.63, 3.8) is 0 Å². The number of carbonyl (C=O) groups excluding carboxylic acids is 1. The van der Waals surface area contributed by atoms with Crippen LogP contribution >= 0.6 is 0 Å². The number of carbonyl (C=O) groups is 1. The maximum Gasteiger partial charge on any atom is 0.337 e. The van der Waals surface area contributed by atoms with Crippen LogP contribution in [-0.4, -0.2) is 49.5 Å². The van der Waals surface area contributed by atoms with Crippen molar-refractivity contribution in [2.45, 2.75) is 19.8 Å². The molecule has 0 radical (unpaired) electrons. The number of aliphatic imine (C=N–C) groups is 1. The Morgan fingerprint density at radius 2 is 2.00 bits per heavy atom. The van der Waals surface area contributed by atoms with Crippen molar-refractivity contribution in [3.8, 4) is 17.3 Å².